The lowest BCUT2D eigenvalue weighted by Crippen LogP contribution is -2.28. The summed E-state index contributed by atoms with van der Waals surface area (Å²) in [4.78, 5) is 32.5. The molecule has 2 aliphatic rings. The topological polar surface area (TPSA) is 67.2 Å². The van der Waals surface area contributed by atoms with Crippen molar-refractivity contribution in [1.82, 2.24) is 19.8 Å². The molecule has 1 saturated heterocycles. The molecule has 0 spiro atoms. The Morgan fingerprint density at radius 1 is 1.09 bits per heavy atom. The van der Waals surface area contributed by atoms with Gasteiger partial charge in [-0.1, -0.05) is 23.7 Å². The SMILES string of the molecule is O=C(NCCCN1CCCC1)c1ccc(/C=C2\CCn3c2nc2cc(Cl)ccc2c3=O)cc1. The zero-order valence-electron chi connectivity index (χ0n) is 18.5. The van der Waals surface area contributed by atoms with Gasteiger partial charge in [0.25, 0.3) is 11.5 Å². The lowest BCUT2D eigenvalue weighted by atomic mass is 10.1. The van der Waals surface area contributed by atoms with E-state index in [1.165, 1.54) is 25.9 Å². The molecule has 7 heteroatoms. The first kappa shape index (κ1) is 21.9. The molecule has 3 heterocycles. The summed E-state index contributed by atoms with van der Waals surface area (Å²) in [5.74, 6) is 0.646. The Morgan fingerprint density at radius 3 is 2.67 bits per heavy atom. The van der Waals surface area contributed by atoms with Crippen LogP contribution in [0, 0.1) is 0 Å². The molecule has 170 valence electrons. The Hall–Kier alpha value is -2.96. The molecule has 33 heavy (non-hydrogen) atoms. The van der Waals surface area contributed by atoms with Gasteiger partial charge in [-0.15, -0.1) is 0 Å². The predicted molar refractivity (Wildman–Crippen MR) is 133 cm³/mol. The monoisotopic (exact) mass is 462 g/mol. The molecule has 1 aromatic heterocycles. The van der Waals surface area contributed by atoms with Gasteiger partial charge in [0.2, 0.25) is 0 Å². The number of amides is 1. The number of hydrogen-bond donors (Lipinski definition) is 1. The van der Waals surface area contributed by atoms with Crippen LogP contribution in [0.1, 0.15) is 47.4 Å². The van der Waals surface area contributed by atoms with E-state index >= 15 is 0 Å². The molecule has 0 bridgehead atoms. The van der Waals surface area contributed by atoms with Crippen LogP contribution in [0.2, 0.25) is 5.02 Å². The predicted octanol–water partition coefficient (Wildman–Crippen LogP) is 4.21. The van der Waals surface area contributed by atoms with Gasteiger partial charge in [0, 0.05) is 23.7 Å². The average molecular weight is 463 g/mol. The molecular weight excluding hydrogens is 436 g/mol. The lowest BCUT2D eigenvalue weighted by Gasteiger charge is -2.14. The number of nitrogens with zero attached hydrogens (tertiary/aromatic N) is 3. The van der Waals surface area contributed by atoms with Crippen LogP contribution in [0.15, 0.2) is 47.3 Å². The highest BCUT2D eigenvalue weighted by Crippen LogP contribution is 2.28. The first-order chi connectivity index (χ1) is 16.1. The second-order valence-electron chi connectivity index (χ2n) is 8.75. The van der Waals surface area contributed by atoms with Gasteiger partial charge in [-0.25, -0.2) is 4.98 Å². The summed E-state index contributed by atoms with van der Waals surface area (Å²) in [5, 5.41) is 4.16. The third-order valence-electron chi connectivity index (χ3n) is 6.46. The minimum Gasteiger partial charge on any atom is -0.352 e. The van der Waals surface area contributed by atoms with Gasteiger partial charge in [-0.2, -0.15) is 0 Å². The standard InChI is InChI=1S/C26H27ClN4O2/c27-21-8-9-22-23(17-21)29-24-20(10-15-31(24)26(22)33)16-18-4-6-19(7-5-18)25(32)28-11-3-14-30-12-1-2-13-30/h4-9,16-17H,1-3,10-15H2,(H,28,32)/b20-16+. The summed E-state index contributed by atoms with van der Waals surface area (Å²) in [7, 11) is 0. The maximum Gasteiger partial charge on any atom is 0.261 e. The van der Waals surface area contributed by atoms with Gasteiger partial charge in [0.05, 0.1) is 10.9 Å². The number of rotatable bonds is 6. The largest absolute Gasteiger partial charge is 0.352 e. The lowest BCUT2D eigenvalue weighted by molar-refractivity contribution is 0.0952. The molecule has 0 aliphatic carbocycles. The molecular formula is C26H27ClN4O2. The number of fused-ring (bicyclic) bond motifs is 2. The van der Waals surface area contributed by atoms with E-state index in [0.29, 0.717) is 40.4 Å². The Kier molecular flexibility index (Phi) is 6.29. The van der Waals surface area contributed by atoms with E-state index in [4.69, 9.17) is 16.6 Å². The fraction of sp³-hybridized carbons (Fsp3) is 0.346. The number of allylic oxidation sites excluding steroid dienone is 1. The third kappa shape index (κ3) is 4.72. The van der Waals surface area contributed by atoms with E-state index in [0.717, 1.165) is 30.5 Å². The van der Waals surface area contributed by atoms with Crippen LogP contribution in [0.4, 0.5) is 0 Å². The van der Waals surface area contributed by atoms with E-state index in [1.54, 1.807) is 22.8 Å². The second kappa shape index (κ2) is 9.49. The smallest absolute Gasteiger partial charge is 0.261 e. The number of nitrogens with one attached hydrogen (secondary N) is 1. The van der Waals surface area contributed by atoms with Crippen LogP contribution in [-0.4, -0.2) is 46.5 Å². The van der Waals surface area contributed by atoms with E-state index < -0.39 is 0 Å². The summed E-state index contributed by atoms with van der Waals surface area (Å²) in [6.07, 6.45) is 6.34. The van der Waals surface area contributed by atoms with Crippen molar-refractivity contribution in [3.63, 3.8) is 0 Å². The number of benzene rings is 2. The molecule has 0 atom stereocenters. The number of halogens is 1. The summed E-state index contributed by atoms with van der Waals surface area (Å²) in [6.45, 7) is 4.72. The number of hydrogen-bond acceptors (Lipinski definition) is 4. The second-order valence-corrected chi connectivity index (χ2v) is 9.19. The molecule has 1 N–H and O–H groups in total. The zero-order chi connectivity index (χ0) is 22.8. The maximum absolute atomic E-state index is 12.8. The van der Waals surface area contributed by atoms with Crippen LogP contribution in [0.3, 0.4) is 0 Å². The summed E-state index contributed by atoms with van der Waals surface area (Å²) >= 11 is 6.10. The molecule has 6 nitrogen and oxygen atoms in total. The van der Waals surface area contributed by atoms with Crippen molar-refractivity contribution in [3.8, 4) is 0 Å². The minimum atomic E-state index is -0.0431. The van der Waals surface area contributed by atoms with Crippen LogP contribution in [0.5, 0.6) is 0 Å². The Bertz CT molecular complexity index is 1270. The maximum atomic E-state index is 12.8. The van der Waals surface area contributed by atoms with E-state index in [2.05, 4.69) is 10.2 Å². The Balaban J connectivity index is 1.27. The first-order valence-electron chi connectivity index (χ1n) is 11.6. The molecule has 3 aromatic rings. The molecule has 2 aromatic carbocycles. The van der Waals surface area contributed by atoms with Gasteiger partial charge >= 0.3 is 0 Å². The van der Waals surface area contributed by atoms with E-state index in [1.807, 2.05) is 30.3 Å². The molecule has 0 unspecified atom stereocenters. The van der Waals surface area contributed by atoms with E-state index in [-0.39, 0.29) is 11.5 Å². The number of likely N-dealkylation sites (tertiary alicyclic amines) is 1. The van der Waals surface area contributed by atoms with Crippen molar-refractivity contribution < 1.29 is 4.79 Å². The first-order valence-corrected chi connectivity index (χ1v) is 12.0. The van der Waals surface area contributed by atoms with Crippen LogP contribution >= 0.6 is 11.6 Å². The number of aromatic nitrogens is 2. The van der Waals surface area contributed by atoms with Gasteiger partial charge in [-0.3, -0.25) is 14.2 Å². The van der Waals surface area contributed by atoms with Crippen molar-refractivity contribution in [2.45, 2.75) is 32.2 Å². The van der Waals surface area contributed by atoms with Crippen LogP contribution in [0.25, 0.3) is 22.6 Å². The Labute approximate surface area is 197 Å². The Morgan fingerprint density at radius 2 is 1.88 bits per heavy atom. The average Bonchev–Trinajstić information content (AvgIpc) is 3.48. The van der Waals surface area contributed by atoms with Gasteiger partial charge in [0.1, 0.15) is 5.82 Å². The molecule has 0 radical (unpaired) electrons. The highest BCUT2D eigenvalue weighted by Gasteiger charge is 2.21. The fourth-order valence-electron chi connectivity index (χ4n) is 4.67. The minimum absolute atomic E-state index is 0.0354. The van der Waals surface area contributed by atoms with Crippen molar-refractivity contribution in [1.29, 1.82) is 0 Å². The summed E-state index contributed by atoms with van der Waals surface area (Å²) in [6, 6.07) is 12.7. The van der Waals surface area contributed by atoms with Gasteiger partial charge < -0.3 is 10.2 Å². The van der Waals surface area contributed by atoms with Gasteiger partial charge in [0.15, 0.2) is 0 Å². The number of carbonyl (C=O) groups is 1. The summed E-state index contributed by atoms with van der Waals surface area (Å²) in [5.41, 5.74) is 3.22. The number of carbonyl (C=O) groups excluding carboxylic acids is 1. The van der Waals surface area contributed by atoms with Crippen molar-refractivity contribution in [3.05, 3.63) is 74.8 Å². The van der Waals surface area contributed by atoms with Crippen molar-refractivity contribution in [2.75, 3.05) is 26.2 Å². The highest BCUT2D eigenvalue weighted by molar-refractivity contribution is 6.31. The van der Waals surface area contributed by atoms with Gasteiger partial charge in [-0.05, 0) is 92.9 Å². The van der Waals surface area contributed by atoms with Crippen LogP contribution in [-0.2, 0) is 6.54 Å². The highest BCUT2D eigenvalue weighted by atomic mass is 35.5. The third-order valence-corrected chi connectivity index (χ3v) is 6.69. The summed E-state index contributed by atoms with van der Waals surface area (Å²) < 4.78 is 1.73. The molecule has 2 aliphatic heterocycles. The molecule has 5 rings (SSSR count). The zero-order valence-corrected chi connectivity index (χ0v) is 19.3. The quantitative estimate of drug-likeness (QED) is 0.557. The normalized spacial score (nSPS) is 17.1. The fourth-order valence-corrected chi connectivity index (χ4v) is 4.84. The molecule has 1 fully saturated rings. The molecule has 0 saturated carbocycles. The van der Waals surface area contributed by atoms with E-state index in [9.17, 15) is 9.59 Å². The van der Waals surface area contributed by atoms with Crippen molar-refractivity contribution >= 4 is 40.1 Å². The van der Waals surface area contributed by atoms with Crippen molar-refractivity contribution in [2.24, 2.45) is 0 Å². The van der Waals surface area contributed by atoms with Crippen LogP contribution < -0.4 is 10.9 Å². The molecule has 1 amide bonds.